The Bertz CT molecular complexity index is 719. The molecule has 0 atom stereocenters. The molecule has 5 nitrogen and oxygen atoms in total. The summed E-state index contributed by atoms with van der Waals surface area (Å²) in [6, 6.07) is 8.37. The highest BCUT2D eigenvalue weighted by molar-refractivity contribution is 7.92. The van der Waals surface area contributed by atoms with Gasteiger partial charge in [0.2, 0.25) is 0 Å². The van der Waals surface area contributed by atoms with Gasteiger partial charge in [-0.3, -0.25) is 9.40 Å². The predicted molar refractivity (Wildman–Crippen MR) is 83.7 cm³/mol. The minimum Gasteiger partial charge on any atom is -0.276 e. The molecule has 1 aromatic heterocycles. The van der Waals surface area contributed by atoms with Gasteiger partial charge in [-0.2, -0.15) is 5.10 Å². The molecule has 21 heavy (non-hydrogen) atoms. The van der Waals surface area contributed by atoms with E-state index in [4.69, 9.17) is 0 Å². The van der Waals surface area contributed by atoms with Gasteiger partial charge in [0.1, 0.15) is 0 Å². The number of sulfonamides is 1. The quantitative estimate of drug-likeness (QED) is 0.923. The Labute approximate surface area is 126 Å². The molecule has 0 amide bonds. The highest BCUT2D eigenvalue weighted by Gasteiger charge is 2.21. The van der Waals surface area contributed by atoms with Crippen LogP contribution in [0.3, 0.4) is 0 Å². The Hall–Kier alpha value is -1.82. The summed E-state index contributed by atoms with van der Waals surface area (Å²) in [5, 5.41) is 4.42. The number of hydrogen-bond acceptors (Lipinski definition) is 3. The van der Waals surface area contributed by atoms with E-state index in [0.717, 1.165) is 17.8 Å². The zero-order valence-electron chi connectivity index (χ0n) is 12.8. The van der Waals surface area contributed by atoms with Gasteiger partial charge in [-0.05, 0) is 31.4 Å². The number of nitrogens with zero attached hydrogens (tertiary/aromatic N) is 2. The van der Waals surface area contributed by atoms with E-state index in [0.29, 0.717) is 11.6 Å². The summed E-state index contributed by atoms with van der Waals surface area (Å²) in [6.07, 6.45) is 0.730. The molecule has 0 radical (unpaired) electrons. The summed E-state index contributed by atoms with van der Waals surface area (Å²) in [5.74, 6) is 0.402. The largest absolute Gasteiger partial charge is 0.276 e. The van der Waals surface area contributed by atoms with Crippen molar-refractivity contribution in [2.24, 2.45) is 13.0 Å². The number of aromatic nitrogens is 2. The third kappa shape index (κ3) is 3.44. The molecule has 0 saturated heterocycles. The lowest BCUT2D eigenvalue weighted by atomic mass is 10.1. The van der Waals surface area contributed by atoms with Gasteiger partial charge in [-0.15, -0.1) is 0 Å². The number of hydrogen-bond donors (Lipinski definition) is 1. The zero-order chi connectivity index (χ0) is 15.6. The van der Waals surface area contributed by atoms with E-state index in [1.54, 1.807) is 35.0 Å². The molecule has 0 aliphatic rings. The molecule has 114 valence electrons. The van der Waals surface area contributed by atoms with Gasteiger partial charge in [0, 0.05) is 7.05 Å². The maximum Gasteiger partial charge on any atom is 0.262 e. The summed E-state index contributed by atoms with van der Waals surface area (Å²) >= 11 is 0. The number of aryl methyl sites for hydroxylation is 1. The van der Waals surface area contributed by atoms with Crippen LogP contribution in [0.2, 0.25) is 0 Å². The fourth-order valence-electron chi connectivity index (χ4n) is 2.13. The van der Waals surface area contributed by atoms with Gasteiger partial charge in [0.25, 0.3) is 10.0 Å². The molecule has 1 N–H and O–H groups in total. The van der Waals surface area contributed by atoms with Crippen LogP contribution >= 0.6 is 0 Å². The molecule has 2 aromatic rings. The van der Waals surface area contributed by atoms with E-state index in [1.165, 1.54) is 0 Å². The minimum absolute atomic E-state index is 0.253. The molecule has 0 aliphatic heterocycles. The number of anilines is 1. The SMILES string of the molecule is Cc1c(NS(=O)(=O)c2ccccc2)c(CC(C)C)nn1C. The first-order valence-corrected chi connectivity index (χ1v) is 8.40. The fraction of sp³-hybridized carbons (Fsp3) is 0.400. The van der Waals surface area contributed by atoms with Crippen molar-refractivity contribution < 1.29 is 8.42 Å². The van der Waals surface area contributed by atoms with Crippen LogP contribution in [0, 0.1) is 12.8 Å². The molecule has 0 unspecified atom stereocenters. The summed E-state index contributed by atoms with van der Waals surface area (Å²) < 4.78 is 29.3. The first-order chi connectivity index (χ1) is 9.81. The van der Waals surface area contributed by atoms with Crippen molar-refractivity contribution in [3.8, 4) is 0 Å². The van der Waals surface area contributed by atoms with Gasteiger partial charge in [-0.1, -0.05) is 32.0 Å². The van der Waals surface area contributed by atoms with Gasteiger partial charge >= 0.3 is 0 Å². The first-order valence-electron chi connectivity index (χ1n) is 6.91. The Morgan fingerprint density at radius 1 is 1.24 bits per heavy atom. The molecule has 0 spiro atoms. The van der Waals surface area contributed by atoms with Gasteiger partial charge < -0.3 is 0 Å². The summed E-state index contributed by atoms with van der Waals surface area (Å²) in [4.78, 5) is 0.253. The molecule has 1 heterocycles. The van der Waals surface area contributed by atoms with Crippen LogP contribution in [0.4, 0.5) is 5.69 Å². The Balaban J connectivity index is 2.39. The van der Waals surface area contributed by atoms with Crippen molar-refractivity contribution in [2.75, 3.05) is 4.72 Å². The van der Waals surface area contributed by atoms with Crippen molar-refractivity contribution in [2.45, 2.75) is 32.1 Å². The molecule has 0 saturated carbocycles. The molecular weight excluding hydrogens is 286 g/mol. The lowest BCUT2D eigenvalue weighted by Gasteiger charge is -2.10. The standard InChI is InChI=1S/C15H21N3O2S/c1-11(2)10-14-15(12(3)18(4)16-14)17-21(19,20)13-8-6-5-7-9-13/h5-9,11,17H,10H2,1-4H3. The summed E-state index contributed by atoms with van der Waals surface area (Å²) in [6.45, 7) is 6.03. The maximum absolute atomic E-state index is 12.5. The fourth-order valence-corrected chi connectivity index (χ4v) is 3.30. The van der Waals surface area contributed by atoms with E-state index in [1.807, 2.05) is 14.0 Å². The average Bonchev–Trinajstić information content (AvgIpc) is 2.66. The zero-order valence-corrected chi connectivity index (χ0v) is 13.6. The lowest BCUT2D eigenvalue weighted by Crippen LogP contribution is -2.14. The normalized spacial score (nSPS) is 11.9. The van der Waals surface area contributed by atoms with E-state index in [2.05, 4.69) is 23.7 Å². The number of nitrogens with one attached hydrogen (secondary N) is 1. The third-order valence-corrected chi connectivity index (χ3v) is 4.66. The topological polar surface area (TPSA) is 64.0 Å². The minimum atomic E-state index is -3.58. The van der Waals surface area contributed by atoms with Crippen LogP contribution in [-0.4, -0.2) is 18.2 Å². The van der Waals surface area contributed by atoms with Gasteiger partial charge in [0.05, 0.1) is 22.0 Å². The molecule has 1 aromatic carbocycles. The number of rotatable bonds is 5. The second-order valence-electron chi connectivity index (χ2n) is 5.55. The number of benzene rings is 1. The van der Waals surface area contributed by atoms with E-state index >= 15 is 0 Å². The van der Waals surface area contributed by atoms with Crippen molar-refractivity contribution in [1.82, 2.24) is 9.78 Å². The highest BCUT2D eigenvalue weighted by Crippen LogP contribution is 2.25. The van der Waals surface area contributed by atoms with Crippen molar-refractivity contribution in [1.29, 1.82) is 0 Å². The van der Waals surface area contributed by atoms with Gasteiger partial charge in [0.15, 0.2) is 0 Å². The average molecular weight is 307 g/mol. The second-order valence-corrected chi connectivity index (χ2v) is 7.23. The van der Waals surface area contributed by atoms with Gasteiger partial charge in [-0.25, -0.2) is 8.42 Å². The first kappa shape index (κ1) is 15.6. The van der Waals surface area contributed by atoms with Crippen molar-refractivity contribution in [3.63, 3.8) is 0 Å². The molecule has 2 rings (SSSR count). The van der Waals surface area contributed by atoms with Crippen LogP contribution in [0.25, 0.3) is 0 Å². The summed E-state index contributed by atoms with van der Waals surface area (Å²) in [7, 11) is -1.77. The lowest BCUT2D eigenvalue weighted by molar-refractivity contribution is 0.600. The Morgan fingerprint density at radius 2 is 1.86 bits per heavy atom. The van der Waals surface area contributed by atoms with Crippen molar-refractivity contribution in [3.05, 3.63) is 41.7 Å². The monoisotopic (exact) mass is 307 g/mol. The molecule has 0 fully saturated rings. The molecule has 0 bridgehead atoms. The molecule has 0 aliphatic carbocycles. The van der Waals surface area contributed by atoms with E-state index in [9.17, 15) is 8.42 Å². The van der Waals surface area contributed by atoms with Crippen LogP contribution < -0.4 is 4.72 Å². The van der Waals surface area contributed by atoms with Crippen LogP contribution in [0.5, 0.6) is 0 Å². The smallest absolute Gasteiger partial charge is 0.262 e. The Morgan fingerprint density at radius 3 is 2.43 bits per heavy atom. The third-order valence-electron chi connectivity index (χ3n) is 3.30. The predicted octanol–water partition coefficient (Wildman–Crippen LogP) is 2.73. The van der Waals surface area contributed by atoms with E-state index < -0.39 is 10.0 Å². The molecular formula is C15H21N3O2S. The van der Waals surface area contributed by atoms with Crippen molar-refractivity contribution >= 4 is 15.7 Å². The second kappa shape index (κ2) is 5.89. The van der Waals surface area contributed by atoms with Crippen LogP contribution in [0.1, 0.15) is 25.2 Å². The van der Waals surface area contributed by atoms with Crippen LogP contribution in [0.15, 0.2) is 35.2 Å². The summed E-state index contributed by atoms with van der Waals surface area (Å²) in [5.41, 5.74) is 2.18. The highest BCUT2D eigenvalue weighted by atomic mass is 32.2. The maximum atomic E-state index is 12.5. The Kier molecular flexibility index (Phi) is 4.37. The van der Waals surface area contributed by atoms with E-state index in [-0.39, 0.29) is 4.90 Å². The molecule has 6 heteroatoms. The van der Waals surface area contributed by atoms with Crippen LogP contribution in [-0.2, 0) is 23.5 Å².